The zero-order valence-corrected chi connectivity index (χ0v) is 25.2. The minimum absolute atomic E-state index is 0.194. The molecular formula is C35H38N6O2. The molecule has 0 radical (unpaired) electrons. The molecule has 5 aromatic rings. The van der Waals surface area contributed by atoms with Crippen LogP contribution in [0.4, 0.5) is 16.3 Å². The molecule has 1 aliphatic heterocycles. The Morgan fingerprint density at radius 2 is 1.72 bits per heavy atom. The lowest BCUT2D eigenvalue weighted by atomic mass is 9.92. The van der Waals surface area contributed by atoms with E-state index in [9.17, 15) is 4.79 Å². The topological polar surface area (TPSA) is 94.0 Å². The fraction of sp³-hybridized carbons (Fsp3) is 0.314. The quantitative estimate of drug-likeness (QED) is 0.217. The number of rotatable bonds is 6. The summed E-state index contributed by atoms with van der Waals surface area (Å²) in [6.45, 7) is 9.92. The second kappa shape index (κ2) is 12.0. The van der Waals surface area contributed by atoms with Gasteiger partial charge in [-0.2, -0.15) is 5.10 Å². The molecule has 220 valence electrons. The standard InChI is InChI=1S/C35H38N6O2/c1-23-9-12-27(22-36-23)41-33(20-32(40-41)35(2,3)4)39-34(42)38-31-14-13-28(29-7-5-6-8-30(29)31)25-10-11-26(37-21-25)19-24-15-17-43-18-16-24/h5-14,20-22,24H,15-19H2,1-4H3,(H2,38,39,42). The number of pyridine rings is 2. The number of amides is 2. The van der Waals surface area contributed by atoms with Crippen molar-refractivity contribution in [3.63, 3.8) is 0 Å². The van der Waals surface area contributed by atoms with Crippen molar-refractivity contribution >= 4 is 28.3 Å². The van der Waals surface area contributed by atoms with Gasteiger partial charge < -0.3 is 10.1 Å². The molecule has 2 amide bonds. The minimum atomic E-state index is -0.348. The highest BCUT2D eigenvalue weighted by Crippen LogP contribution is 2.34. The van der Waals surface area contributed by atoms with E-state index in [1.54, 1.807) is 10.9 Å². The van der Waals surface area contributed by atoms with Crippen molar-refractivity contribution in [3.05, 3.63) is 96.2 Å². The van der Waals surface area contributed by atoms with E-state index in [4.69, 9.17) is 14.8 Å². The number of fused-ring (bicyclic) bond motifs is 1. The molecule has 8 heteroatoms. The van der Waals surface area contributed by atoms with E-state index in [0.29, 0.717) is 11.7 Å². The highest BCUT2D eigenvalue weighted by atomic mass is 16.5. The van der Waals surface area contributed by atoms with Gasteiger partial charge in [0, 0.05) is 53.2 Å². The van der Waals surface area contributed by atoms with Gasteiger partial charge in [0.25, 0.3) is 0 Å². The van der Waals surface area contributed by atoms with Crippen LogP contribution in [-0.4, -0.2) is 39.0 Å². The SMILES string of the molecule is Cc1ccc(-n2nc(C(C)(C)C)cc2NC(=O)Nc2ccc(-c3ccc(CC4CCOCC4)nc3)c3ccccc23)cn1. The zero-order valence-electron chi connectivity index (χ0n) is 25.2. The first-order valence-corrected chi connectivity index (χ1v) is 14.9. The van der Waals surface area contributed by atoms with E-state index in [0.717, 1.165) is 82.8 Å². The summed E-state index contributed by atoms with van der Waals surface area (Å²) in [4.78, 5) is 22.6. The largest absolute Gasteiger partial charge is 0.381 e. The van der Waals surface area contributed by atoms with Crippen LogP contribution in [-0.2, 0) is 16.6 Å². The number of benzene rings is 2. The second-order valence-corrected chi connectivity index (χ2v) is 12.3. The number of anilines is 2. The lowest BCUT2D eigenvalue weighted by Crippen LogP contribution is -2.21. The van der Waals surface area contributed by atoms with Crippen LogP contribution in [0.3, 0.4) is 0 Å². The predicted octanol–water partition coefficient (Wildman–Crippen LogP) is 7.70. The van der Waals surface area contributed by atoms with Gasteiger partial charge in [0.05, 0.1) is 23.3 Å². The number of aromatic nitrogens is 4. The maximum absolute atomic E-state index is 13.4. The molecule has 43 heavy (non-hydrogen) atoms. The van der Waals surface area contributed by atoms with Gasteiger partial charge in [0.1, 0.15) is 5.82 Å². The molecule has 3 aromatic heterocycles. The first kappa shape index (κ1) is 28.6. The monoisotopic (exact) mass is 574 g/mol. The number of carbonyl (C=O) groups is 1. The highest BCUT2D eigenvalue weighted by molar-refractivity contribution is 6.09. The molecule has 0 aliphatic carbocycles. The van der Waals surface area contributed by atoms with Crippen LogP contribution >= 0.6 is 0 Å². The van der Waals surface area contributed by atoms with Crippen molar-refractivity contribution in [3.8, 4) is 16.8 Å². The molecule has 0 saturated carbocycles. The maximum atomic E-state index is 13.4. The first-order chi connectivity index (χ1) is 20.7. The molecule has 2 aromatic carbocycles. The molecular weight excluding hydrogens is 536 g/mol. The van der Waals surface area contributed by atoms with E-state index >= 15 is 0 Å². The number of ether oxygens (including phenoxy) is 1. The molecule has 1 fully saturated rings. The number of nitrogens with one attached hydrogen (secondary N) is 2. The average Bonchev–Trinajstić information content (AvgIpc) is 3.43. The Kier molecular flexibility index (Phi) is 7.95. The van der Waals surface area contributed by atoms with Crippen LogP contribution in [0, 0.1) is 12.8 Å². The third-order valence-electron chi connectivity index (χ3n) is 8.01. The van der Waals surface area contributed by atoms with E-state index in [2.05, 4.69) is 54.6 Å². The fourth-order valence-corrected chi connectivity index (χ4v) is 5.50. The van der Waals surface area contributed by atoms with Crippen LogP contribution in [0.2, 0.25) is 0 Å². The lowest BCUT2D eigenvalue weighted by Gasteiger charge is -2.21. The molecule has 4 heterocycles. The van der Waals surface area contributed by atoms with Crippen molar-refractivity contribution in [1.82, 2.24) is 19.7 Å². The normalized spacial score (nSPS) is 14.1. The first-order valence-electron chi connectivity index (χ1n) is 14.9. The van der Waals surface area contributed by atoms with Gasteiger partial charge in [-0.1, -0.05) is 57.2 Å². The number of hydrogen-bond donors (Lipinski definition) is 2. The van der Waals surface area contributed by atoms with Gasteiger partial charge in [-0.05, 0) is 67.3 Å². The van der Waals surface area contributed by atoms with Crippen LogP contribution in [0.1, 0.15) is 50.7 Å². The number of hydrogen-bond acceptors (Lipinski definition) is 5. The van der Waals surface area contributed by atoms with Gasteiger partial charge in [0.2, 0.25) is 0 Å². The van der Waals surface area contributed by atoms with Gasteiger partial charge in [0.15, 0.2) is 0 Å². The summed E-state index contributed by atoms with van der Waals surface area (Å²) >= 11 is 0. The predicted molar refractivity (Wildman–Crippen MR) is 172 cm³/mol. The summed E-state index contributed by atoms with van der Waals surface area (Å²) < 4.78 is 7.23. The maximum Gasteiger partial charge on any atom is 0.324 e. The van der Waals surface area contributed by atoms with E-state index in [1.165, 1.54) is 0 Å². The highest BCUT2D eigenvalue weighted by Gasteiger charge is 2.22. The Bertz CT molecular complexity index is 1730. The second-order valence-electron chi connectivity index (χ2n) is 12.3. The Morgan fingerprint density at radius 1 is 0.930 bits per heavy atom. The van der Waals surface area contributed by atoms with Crippen LogP contribution in [0.5, 0.6) is 0 Å². The molecule has 0 spiro atoms. The van der Waals surface area contributed by atoms with Crippen LogP contribution in [0.25, 0.3) is 27.6 Å². The Morgan fingerprint density at radius 3 is 2.42 bits per heavy atom. The zero-order chi connectivity index (χ0) is 30.0. The van der Waals surface area contributed by atoms with Gasteiger partial charge >= 0.3 is 6.03 Å². The van der Waals surface area contributed by atoms with Crippen molar-refractivity contribution in [1.29, 1.82) is 0 Å². The fourth-order valence-electron chi connectivity index (χ4n) is 5.50. The third-order valence-corrected chi connectivity index (χ3v) is 8.01. The molecule has 6 rings (SSSR count). The molecule has 0 atom stereocenters. The number of carbonyl (C=O) groups excluding carboxylic acids is 1. The van der Waals surface area contributed by atoms with Crippen molar-refractivity contribution < 1.29 is 9.53 Å². The number of urea groups is 1. The molecule has 8 nitrogen and oxygen atoms in total. The van der Waals surface area contributed by atoms with Crippen molar-refractivity contribution in [2.45, 2.75) is 52.4 Å². The van der Waals surface area contributed by atoms with Crippen molar-refractivity contribution in [2.24, 2.45) is 5.92 Å². The molecule has 1 saturated heterocycles. The molecule has 0 unspecified atom stereocenters. The summed E-state index contributed by atoms with van der Waals surface area (Å²) in [7, 11) is 0. The average molecular weight is 575 g/mol. The van der Waals surface area contributed by atoms with Crippen LogP contribution in [0.15, 0.2) is 79.1 Å². The molecule has 2 N–H and O–H groups in total. The summed E-state index contributed by atoms with van der Waals surface area (Å²) in [5.41, 5.74) is 6.32. The summed E-state index contributed by atoms with van der Waals surface area (Å²) in [6, 6.07) is 21.9. The van der Waals surface area contributed by atoms with Gasteiger partial charge in [-0.15, -0.1) is 0 Å². The van der Waals surface area contributed by atoms with Gasteiger partial charge in [-0.3, -0.25) is 15.3 Å². The lowest BCUT2D eigenvalue weighted by molar-refractivity contribution is 0.0663. The number of nitrogens with zero attached hydrogens (tertiary/aromatic N) is 4. The van der Waals surface area contributed by atoms with Crippen molar-refractivity contribution in [2.75, 3.05) is 23.8 Å². The summed E-state index contributed by atoms with van der Waals surface area (Å²) in [5.74, 6) is 1.21. The van der Waals surface area contributed by atoms with E-state index in [-0.39, 0.29) is 11.4 Å². The third kappa shape index (κ3) is 6.44. The molecule has 1 aliphatic rings. The van der Waals surface area contributed by atoms with E-state index < -0.39 is 0 Å². The van der Waals surface area contributed by atoms with Crippen LogP contribution < -0.4 is 10.6 Å². The summed E-state index contributed by atoms with van der Waals surface area (Å²) in [6.07, 6.45) is 6.90. The minimum Gasteiger partial charge on any atom is -0.381 e. The number of aryl methyl sites for hydroxylation is 1. The smallest absolute Gasteiger partial charge is 0.324 e. The Labute approximate surface area is 252 Å². The molecule has 0 bridgehead atoms. The summed E-state index contributed by atoms with van der Waals surface area (Å²) in [5, 5.41) is 12.9. The Balaban J connectivity index is 1.24. The van der Waals surface area contributed by atoms with E-state index in [1.807, 2.05) is 61.7 Å². The van der Waals surface area contributed by atoms with Gasteiger partial charge in [-0.25, -0.2) is 9.48 Å². The Hall–Kier alpha value is -4.56.